The standard InChI is InChI=1S/C13H22N4O4.ClH/c1-17(2,3)7-10(5-12(18)19)21-13(20)11(14)4-9-6-15-8-16-9;/h6,8,10-11H,4-5,7,14H2,1-3H3,(H-,15,16,18,19);1H/p+1/t10-,11-;/m0./s1. The van der Waals surface area contributed by atoms with E-state index >= 15 is 0 Å². The lowest BCUT2D eigenvalue weighted by molar-refractivity contribution is -0.873. The molecule has 1 rings (SSSR count). The van der Waals surface area contributed by atoms with Gasteiger partial charge in [-0.2, -0.15) is 0 Å². The van der Waals surface area contributed by atoms with E-state index in [-0.39, 0.29) is 25.2 Å². The van der Waals surface area contributed by atoms with Gasteiger partial charge in [0.2, 0.25) is 0 Å². The zero-order valence-electron chi connectivity index (χ0n) is 13.0. The highest BCUT2D eigenvalue weighted by Gasteiger charge is 2.27. The molecule has 0 bridgehead atoms. The number of aromatic amines is 1. The molecule has 22 heavy (non-hydrogen) atoms. The fourth-order valence-corrected chi connectivity index (χ4v) is 1.92. The summed E-state index contributed by atoms with van der Waals surface area (Å²) in [5, 5.41) is 8.90. The minimum Gasteiger partial charge on any atom is -0.481 e. The molecule has 0 aliphatic heterocycles. The molecule has 8 nitrogen and oxygen atoms in total. The van der Waals surface area contributed by atoms with Crippen LogP contribution in [-0.4, -0.2) is 71.3 Å². The molecular formula is C13H24ClN4O4+. The Morgan fingerprint density at radius 2 is 2.09 bits per heavy atom. The van der Waals surface area contributed by atoms with E-state index in [4.69, 9.17) is 15.6 Å². The molecule has 0 saturated heterocycles. The van der Waals surface area contributed by atoms with Gasteiger partial charge < -0.3 is 25.0 Å². The molecule has 2 atom stereocenters. The van der Waals surface area contributed by atoms with Gasteiger partial charge in [-0.3, -0.25) is 9.59 Å². The molecule has 0 saturated carbocycles. The molecule has 0 aromatic carbocycles. The van der Waals surface area contributed by atoms with Gasteiger partial charge in [-0.05, 0) is 0 Å². The fraction of sp³-hybridized carbons (Fsp3) is 0.615. The summed E-state index contributed by atoms with van der Waals surface area (Å²) in [4.78, 5) is 29.5. The summed E-state index contributed by atoms with van der Waals surface area (Å²) < 4.78 is 5.74. The number of hydrogen-bond donors (Lipinski definition) is 3. The number of carbonyl (C=O) groups excluding carboxylic acids is 1. The Morgan fingerprint density at radius 1 is 1.45 bits per heavy atom. The lowest BCUT2D eigenvalue weighted by atomic mass is 10.1. The molecule has 1 heterocycles. The average Bonchev–Trinajstić information content (AvgIpc) is 2.78. The van der Waals surface area contributed by atoms with Gasteiger partial charge in [0.25, 0.3) is 0 Å². The molecule has 0 unspecified atom stereocenters. The number of esters is 1. The molecule has 0 radical (unpaired) electrons. The molecule has 0 spiro atoms. The van der Waals surface area contributed by atoms with Gasteiger partial charge in [-0.1, -0.05) is 0 Å². The summed E-state index contributed by atoms with van der Waals surface area (Å²) >= 11 is 0. The van der Waals surface area contributed by atoms with Crippen molar-refractivity contribution in [2.24, 2.45) is 5.73 Å². The number of nitrogens with two attached hydrogens (primary N) is 1. The largest absolute Gasteiger partial charge is 0.481 e. The van der Waals surface area contributed by atoms with Crippen LogP contribution in [0.5, 0.6) is 0 Å². The summed E-state index contributed by atoms with van der Waals surface area (Å²) in [7, 11) is 5.69. The number of nitrogens with one attached hydrogen (secondary N) is 1. The number of quaternary nitrogens is 1. The number of aliphatic carboxylic acids is 1. The maximum Gasteiger partial charge on any atom is 0.323 e. The van der Waals surface area contributed by atoms with Crippen LogP contribution in [-0.2, 0) is 20.7 Å². The number of ether oxygens (including phenoxy) is 1. The second-order valence-electron chi connectivity index (χ2n) is 6.02. The summed E-state index contributed by atoms with van der Waals surface area (Å²) in [5.74, 6) is -1.62. The van der Waals surface area contributed by atoms with Crippen LogP contribution in [0.15, 0.2) is 12.5 Å². The van der Waals surface area contributed by atoms with Crippen LogP contribution < -0.4 is 5.73 Å². The second-order valence-corrected chi connectivity index (χ2v) is 6.02. The van der Waals surface area contributed by atoms with Crippen molar-refractivity contribution in [1.82, 2.24) is 9.97 Å². The van der Waals surface area contributed by atoms with E-state index < -0.39 is 24.1 Å². The first-order chi connectivity index (χ1) is 9.67. The van der Waals surface area contributed by atoms with Gasteiger partial charge in [-0.25, -0.2) is 4.98 Å². The lowest BCUT2D eigenvalue weighted by Gasteiger charge is -2.28. The number of nitrogens with zero attached hydrogens (tertiary/aromatic N) is 2. The second kappa shape index (κ2) is 8.72. The molecular weight excluding hydrogens is 312 g/mol. The number of carboxylic acid groups (broad SMARTS) is 1. The fourth-order valence-electron chi connectivity index (χ4n) is 1.92. The van der Waals surface area contributed by atoms with E-state index in [1.165, 1.54) is 6.33 Å². The first kappa shape index (κ1) is 20.4. The number of hydrogen-bond acceptors (Lipinski definition) is 5. The molecule has 0 amide bonds. The molecule has 4 N–H and O–H groups in total. The van der Waals surface area contributed by atoms with Crippen molar-refractivity contribution < 1.29 is 23.9 Å². The van der Waals surface area contributed by atoms with Crippen molar-refractivity contribution in [3.8, 4) is 0 Å². The van der Waals surface area contributed by atoms with E-state index in [2.05, 4.69) is 9.97 Å². The van der Waals surface area contributed by atoms with E-state index in [9.17, 15) is 9.59 Å². The zero-order chi connectivity index (χ0) is 16.0. The van der Waals surface area contributed by atoms with E-state index in [0.717, 1.165) is 5.69 Å². The maximum atomic E-state index is 12.0. The Kier molecular flexibility index (Phi) is 8.07. The van der Waals surface area contributed by atoms with Crippen LogP contribution in [0.3, 0.4) is 0 Å². The van der Waals surface area contributed by atoms with Gasteiger partial charge >= 0.3 is 11.9 Å². The third kappa shape index (κ3) is 7.96. The van der Waals surface area contributed by atoms with Crippen LogP contribution in [0.4, 0.5) is 0 Å². The van der Waals surface area contributed by atoms with Crippen molar-refractivity contribution in [2.45, 2.75) is 25.0 Å². The number of likely N-dealkylation sites (N-methyl/N-ethyl adjacent to an activating group) is 1. The third-order valence-corrected chi connectivity index (χ3v) is 2.73. The highest BCUT2D eigenvalue weighted by molar-refractivity contribution is 5.85. The molecule has 1 aromatic heterocycles. The summed E-state index contributed by atoms with van der Waals surface area (Å²) in [6.45, 7) is 0.398. The molecule has 9 heteroatoms. The smallest absolute Gasteiger partial charge is 0.323 e. The van der Waals surface area contributed by atoms with Crippen LogP contribution in [0.2, 0.25) is 0 Å². The van der Waals surface area contributed by atoms with Gasteiger partial charge in [0.15, 0.2) is 6.10 Å². The number of imidazole rings is 1. The van der Waals surface area contributed by atoms with Crippen molar-refractivity contribution in [2.75, 3.05) is 27.7 Å². The van der Waals surface area contributed by atoms with Crippen LogP contribution in [0, 0.1) is 0 Å². The van der Waals surface area contributed by atoms with E-state index in [0.29, 0.717) is 11.0 Å². The monoisotopic (exact) mass is 335 g/mol. The molecule has 0 aliphatic carbocycles. The number of carbonyl (C=O) groups is 2. The number of rotatable bonds is 8. The maximum absolute atomic E-state index is 12.0. The lowest BCUT2D eigenvalue weighted by Crippen LogP contribution is -2.46. The molecule has 1 aromatic rings. The summed E-state index contributed by atoms with van der Waals surface area (Å²) in [6.07, 6.45) is 2.40. The predicted octanol–water partition coefficient (Wildman–Crippen LogP) is -0.206. The van der Waals surface area contributed by atoms with E-state index in [1.54, 1.807) is 6.20 Å². The zero-order valence-corrected chi connectivity index (χ0v) is 13.8. The normalized spacial score (nSPS) is 13.8. The van der Waals surface area contributed by atoms with Crippen molar-refractivity contribution in [3.63, 3.8) is 0 Å². The summed E-state index contributed by atoms with van der Waals surface area (Å²) in [6, 6.07) is -0.853. The highest BCUT2D eigenvalue weighted by atomic mass is 35.5. The Morgan fingerprint density at radius 3 is 2.55 bits per heavy atom. The Labute approximate surface area is 135 Å². The van der Waals surface area contributed by atoms with Crippen LogP contribution >= 0.6 is 12.4 Å². The van der Waals surface area contributed by atoms with Gasteiger partial charge in [0, 0.05) is 18.3 Å². The number of halogens is 1. The number of carboxylic acids is 1. The first-order valence-corrected chi connectivity index (χ1v) is 6.63. The topological polar surface area (TPSA) is 118 Å². The van der Waals surface area contributed by atoms with Gasteiger partial charge in [0.1, 0.15) is 12.6 Å². The molecule has 126 valence electrons. The molecule has 0 fully saturated rings. The first-order valence-electron chi connectivity index (χ1n) is 6.63. The Balaban J connectivity index is 0.00000441. The third-order valence-electron chi connectivity index (χ3n) is 2.73. The van der Waals surface area contributed by atoms with Crippen LogP contribution in [0.1, 0.15) is 12.1 Å². The van der Waals surface area contributed by atoms with Crippen molar-refractivity contribution >= 4 is 24.3 Å². The van der Waals surface area contributed by atoms with Gasteiger partial charge in [-0.15, -0.1) is 12.4 Å². The van der Waals surface area contributed by atoms with Gasteiger partial charge in [0.05, 0.1) is 33.9 Å². The average molecular weight is 336 g/mol. The minimum absolute atomic E-state index is 0. The Bertz CT molecular complexity index is 473. The van der Waals surface area contributed by atoms with Crippen molar-refractivity contribution in [1.29, 1.82) is 0 Å². The van der Waals surface area contributed by atoms with Crippen LogP contribution in [0.25, 0.3) is 0 Å². The highest BCUT2D eigenvalue weighted by Crippen LogP contribution is 2.07. The number of H-pyrrole nitrogens is 1. The van der Waals surface area contributed by atoms with E-state index in [1.807, 2.05) is 21.1 Å². The molecule has 0 aliphatic rings. The quantitative estimate of drug-likeness (QED) is 0.447. The number of aromatic nitrogens is 2. The predicted molar refractivity (Wildman–Crippen MR) is 82.5 cm³/mol. The summed E-state index contributed by atoms with van der Waals surface area (Å²) in [5.41, 5.74) is 6.50. The Hall–Kier alpha value is -1.64. The minimum atomic E-state index is -1.01. The van der Waals surface area contributed by atoms with Crippen molar-refractivity contribution in [3.05, 3.63) is 18.2 Å². The SMILES string of the molecule is C[N+](C)(C)C[C@H](CC(=O)O)OC(=O)[C@@H](N)Cc1cnc[nH]1.Cl.